The van der Waals surface area contributed by atoms with Gasteiger partial charge in [-0.05, 0) is 36.8 Å². The van der Waals surface area contributed by atoms with E-state index in [1.165, 1.54) is 12.1 Å². The summed E-state index contributed by atoms with van der Waals surface area (Å²) in [5.41, 5.74) is 1.40. The van der Waals surface area contributed by atoms with Crippen LogP contribution >= 0.6 is 0 Å². The van der Waals surface area contributed by atoms with Crippen molar-refractivity contribution < 1.29 is 17.9 Å². The quantitative estimate of drug-likeness (QED) is 0.820. The second-order valence-electron chi connectivity index (χ2n) is 4.62. The Morgan fingerprint density at radius 2 is 1.81 bits per heavy atom. The number of alkyl halides is 3. The molecule has 2 aromatic carbocycles. The van der Waals surface area contributed by atoms with Gasteiger partial charge in [0.25, 0.3) is 0 Å². The number of halogens is 3. The Morgan fingerprint density at radius 3 is 2.52 bits per heavy atom. The maximum atomic E-state index is 12.6. The van der Waals surface area contributed by atoms with Gasteiger partial charge in [-0.2, -0.15) is 13.2 Å². The first kappa shape index (κ1) is 15.2. The molecule has 0 aliphatic heterocycles. The summed E-state index contributed by atoms with van der Waals surface area (Å²) in [7, 11) is 0. The lowest BCUT2D eigenvalue weighted by Gasteiger charge is -2.12. The topological polar surface area (TPSA) is 21.3 Å². The Bertz CT molecular complexity index is 596. The van der Waals surface area contributed by atoms with E-state index in [4.69, 9.17) is 4.74 Å². The SMILES string of the molecule is Cc1ccccc1NCCOc1cccc(C(F)(F)F)c1. The molecule has 1 N–H and O–H groups in total. The van der Waals surface area contributed by atoms with E-state index in [1.807, 2.05) is 31.2 Å². The second kappa shape index (κ2) is 6.52. The van der Waals surface area contributed by atoms with Gasteiger partial charge in [0, 0.05) is 12.2 Å². The zero-order valence-electron chi connectivity index (χ0n) is 11.6. The monoisotopic (exact) mass is 295 g/mol. The van der Waals surface area contributed by atoms with Crippen LogP contribution in [0.3, 0.4) is 0 Å². The van der Waals surface area contributed by atoms with Crippen LogP contribution in [0.15, 0.2) is 48.5 Å². The predicted octanol–water partition coefficient (Wildman–Crippen LogP) is 4.50. The lowest BCUT2D eigenvalue weighted by Crippen LogP contribution is -2.12. The van der Waals surface area contributed by atoms with Gasteiger partial charge in [-0.1, -0.05) is 24.3 Å². The van der Waals surface area contributed by atoms with Gasteiger partial charge in [-0.3, -0.25) is 0 Å². The minimum atomic E-state index is -4.35. The minimum Gasteiger partial charge on any atom is -0.492 e. The molecule has 0 saturated heterocycles. The minimum absolute atomic E-state index is 0.219. The number of aryl methyl sites for hydroxylation is 1. The molecule has 2 aromatic rings. The lowest BCUT2D eigenvalue weighted by atomic mass is 10.2. The van der Waals surface area contributed by atoms with Crippen molar-refractivity contribution in [1.82, 2.24) is 0 Å². The highest BCUT2D eigenvalue weighted by atomic mass is 19.4. The normalized spacial score (nSPS) is 11.2. The summed E-state index contributed by atoms with van der Waals surface area (Å²) in [6.07, 6.45) is -4.35. The van der Waals surface area contributed by atoms with Gasteiger partial charge in [-0.25, -0.2) is 0 Å². The number of nitrogens with one attached hydrogen (secondary N) is 1. The van der Waals surface area contributed by atoms with Gasteiger partial charge >= 0.3 is 6.18 Å². The van der Waals surface area contributed by atoms with Crippen LogP contribution in [0, 0.1) is 6.92 Å². The predicted molar refractivity (Wildman–Crippen MR) is 76.6 cm³/mol. The van der Waals surface area contributed by atoms with E-state index in [0.29, 0.717) is 6.54 Å². The second-order valence-corrected chi connectivity index (χ2v) is 4.62. The van der Waals surface area contributed by atoms with Crippen LogP contribution in [-0.2, 0) is 6.18 Å². The molecule has 0 aliphatic carbocycles. The van der Waals surface area contributed by atoms with Gasteiger partial charge < -0.3 is 10.1 Å². The molecule has 21 heavy (non-hydrogen) atoms. The third kappa shape index (κ3) is 4.41. The number of hydrogen-bond donors (Lipinski definition) is 1. The van der Waals surface area contributed by atoms with E-state index in [9.17, 15) is 13.2 Å². The van der Waals surface area contributed by atoms with Crippen LogP contribution in [-0.4, -0.2) is 13.2 Å². The van der Waals surface area contributed by atoms with Gasteiger partial charge in [0.1, 0.15) is 12.4 Å². The molecule has 2 rings (SSSR count). The van der Waals surface area contributed by atoms with E-state index in [2.05, 4.69) is 5.32 Å². The maximum absolute atomic E-state index is 12.6. The molecule has 0 fully saturated rings. The van der Waals surface area contributed by atoms with E-state index in [-0.39, 0.29) is 12.4 Å². The maximum Gasteiger partial charge on any atom is 0.416 e. The largest absolute Gasteiger partial charge is 0.492 e. The van der Waals surface area contributed by atoms with Crippen LogP contribution in [0.25, 0.3) is 0 Å². The smallest absolute Gasteiger partial charge is 0.416 e. The highest BCUT2D eigenvalue weighted by Gasteiger charge is 2.30. The molecule has 0 saturated carbocycles. The molecule has 0 unspecified atom stereocenters. The van der Waals surface area contributed by atoms with Crippen molar-refractivity contribution in [1.29, 1.82) is 0 Å². The third-order valence-corrected chi connectivity index (χ3v) is 2.99. The summed E-state index contributed by atoms with van der Waals surface area (Å²) in [4.78, 5) is 0. The summed E-state index contributed by atoms with van der Waals surface area (Å²) in [5.74, 6) is 0.219. The highest BCUT2D eigenvalue weighted by molar-refractivity contribution is 5.50. The van der Waals surface area contributed by atoms with Crippen LogP contribution in [0.2, 0.25) is 0 Å². The standard InChI is InChI=1S/C16H16F3NO/c1-12-5-2-3-8-15(12)20-9-10-21-14-7-4-6-13(11-14)16(17,18)19/h2-8,11,20H,9-10H2,1H3. The molecular weight excluding hydrogens is 279 g/mol. The molecular formula is C16H16F3NO. The number of hydrogen-bond acceptors (Lipinski definition) is 2. The average Bonchev–Trinajstić information content (AvgIpc) is 2.45. The van der Waals surface area contributed by atoms with Crippen LogP contribution in [0.5, 0.6) is 5.75 Å². The highest BCUT2D eigenvalue weighted by Crippen LogP contribution is 2.31. The zero-order chi connectivity index (χ0) is 15.3. The molecule has 0 bridgehead atoms. The molecule has 0 amide bonds. The van der Waals surface area contributed by atoms with E-state index in [0.717, 1.165) is 23.4 Å². The molecule has 0 aliphatic rings. The van der Waals surface area contributed by atoms with E-state index >= 15 is 0 Å². The Labute approximate surface area is 121 Å². The number of anilines is 1. The lowest BCUT2D eigenvalue weighted by molar-refractivity contribution is -0.137. The summed E-state index contributed by atoms with van der Waals surface area (Å²) in [6.45, 7) is 2.78. The van der Waals surface area contributed by atoms with Crippen molar-refractivity contribution in [2.24, 2.45) is 0 Å². The molecule has 0 heterocycles. The van der Waals surface area contributed by atoms with Crippen molar-refractivity contribution in [3.8, 4) is 5.75 Å². The van der Waals surface area contributed by atoms with Gasteiger partial charge in [0.05, 0.1) is 5.56 Å². The summed E-state index contributed by atoms with van der Waals surface area (Å²) in [5, 5.41) is 3.18. The molecule has 112 valence electrons. The van der Waals surface area contributed by atoms with E-state index in [1.54, 1.807) is 0 Å². The van der Waals surface area contributed by atoms with E-state index < -0.39 is 11.7 Å². The molecule has 2 nitrogen and oxygen atoms in total. The van der Waals surface area contributed by atoms with Crippen molar-refractivity contribution in [3.05, 3.63) is 59.7 Å². The Hall–Kier alpha value is -2.17. The first-order chi connectivity index (χ1) is 9.97. The van der Waals surface area contributed by atoms with Crippen LogP contribution < -0.4 is 10.1 Å². The van der Waals surface area contributed by atoms with Gasteiger partial charge in [0.2, 0.25) is 0 Å². The molecule has 0 radical (unpaired) electrons. The molecule has 5 heteroatoms. The molecule has 0 spiro atoms. The third-order valence-electron chi connectivity index (χ3n) is 2.99. The fourth-order valence-electron chi connectivity index (χ4n) is 1.89. The van der Waals surface area contributed by atoms with Crippen molar-refractivity contribution in [3.63, 3.8) is 0 Å². The van der Waals surface area contributed by atoms with Crippen molar-refractivity contribution >= 4 is 5.69 Å². The first-order valence-corrected chi connectivity index (χ1v) is 6.56. The summed E-state index contributed by atoms with van der Waals surface area (Å²) in [6, 6.07) is 12.7. The first-order valence-electron chi connectivity index (χ1n) is 6.56. The number of benzene rings is 2. The summed E-state index contributed by atoms with van der Waals surface area (Å²) >= 11 is 0. The molecule has 0 aromatic heterocycles. The van der Waals surface area contributed by atoms with Crippen LogP contribution in [0.1, 0.15) is 11.1 Å². The van der Waals surface area contributed by atoms with Crippen molar-refractivity contribution in [2.75, 3.05) is 18.5 Å². The fourth-order valence-corrected chi connectivity index (χ4v) is 1.89. The zero-order valence-corrected chi connectivity index (χ0v) is 11.6. The average molecular weight is 295 g/mol. The van der Waals surface area contributed by atoms with Gasteiger partial charge in [0.15, 0.2) is 0 Å². The number of rotatable bonds is 5. The van der Waals surface area contributed by atoms with Gasteiger partial charge in [-0.15, -0.1) is 0 Å². The number of para-hydroxylation sites is 1. The van der Waals surface area contributed by atoms with Crippen molar-refractivity contribution in [2.45, 2.75) is 13.1 Å². The van der Waals surface area contributed by atoms with Crippen LogP contribution in [0.4, 0.5) is 18.9 Å². The Balaban J connectivity index is 1.85. The Kier molecular flexibility index (Phi) is 4.73. The fraction of sp³-hybridized carbons (Fsp3) is 0.250. The Morgan fingerprint density at radius 1 is 1.05 bits per heavy atom. The summed E-state index contributed by atoms with van der Waals surface area (Å²) < 4.78 is 43.0. The molecule has 0 atom stereocenters. The number of ether oxygens (including phenoxy) is 1.